The van der Waals surface area contributed by atoms with Crippen molar-refractivity contribution in [2.75, 3.05) is 36.0 Å². The Kier molecular flexibility index (Phi) is 7.32. The number of carbonyl (C=O) groups excluding carboxylic acids is 1. The molecule has 1 amide bonds. The molecule has 1 aromatic heterocycles. The number of hydrogen-bond donors (Lipinski definition) is 0. The number of aryl methyl sites for hydroxylation is 1. The first kappa shape index (κ1) is 24.2. The predicted octanol–water partition coefficient (Wildman–Crippen LogP) is 5.02. The van der Waals surface area contributed by atoms with Gasteiger partial charge < -0.3 is 9.47 Å². The van der Waals surface area contributed by atoms with Gasteiger partial charge in [-0.05, 0) is 31.1 Å². The molecule has 3 aromatic rings. The SMILES string of the molecule is CCn1c(=O)c(C=C2SC(=S)N(CCc3ccccc3)C2=O)c(N2CCSCC2)c2ccccc21. The highest BCUT2D eigenvalue weighted by atomic mass is 32.2. The first-order valence-electron chi connectivity index (χ1n) is 11.9. The highest BCUT2D eigenvalue weighted by molar-refractivity contribution is 8.26. The average Bonchev–Trinajstić information content (AvgIpc) is 3.16. The van der Waals surface area contributed by atoms with Crippen molar-refractivity contribution in [3.05, 3.63) is 81.0 Å². The minimum atomic E-state index is -0.119. The number of amides is 1. The number of aromatic nitrogens is 1. The smallest absolute Gasteiger partial charge is 0.266 e. The van der Waals surface area contributed by atoms with Gasteiger partial charge >= 0.3 is 0 Å². The van der Waals surface area contributed by atoms with E-state index in [9.17, 15) is 9.59 Å². The van der Waals surface area contributed by atoms with Gasteiger partial charge in [-0.3, -0.25) is 14.5 Å². The molecule has 0 atom stereocenters. The molecule has 0 aliphatic carbocycles. The van der Waals surface area contributed by atoms with Gasteiger partial charge in [0.25, 0.3) is 11.5 Å². The van der Waals surface area contributed by atoms with E-state index in [4.69, 9.17) is 12.2 Å². The summed E-state index contributed by atoms with van der Waals surface area (Å²) in [5, 5.41) is 1.05. The summed E-state index contributed by atoms with van der Waals surface area (Å²) in [7, 11) is 0. The summed E-state index contributed by atoms with van der Waals surface area (Å²) in [6, 6.07) is 18.2. The zero-order chi connectivity index (χ0) is 24.4. The Balaban J connectivity index is 1.56. The van der Waals surface area contributed by atoms with Crippen molar-refractivity contribution in [3.63, 3.8) is 0 Å². The molecule has 5 nitrogen and oxygen atoms in total. The van der Waals surface area contributed by atoms with E-state index < -0.39 is 0 Å². The molecule has 2 fully saturated rings. The summed E-state index contributed by atoms with van der Waals surface area (Å²) in [4.78, 5) is 31.6. The molecular formula is C27H27N3O2S3. The van der Waals surface area contributed by atoms with Gasteiger partial charge in [0.05, 0.1) is 21.7 Å². The van der Waals surface area contributed by atoms with Crippen LogP contribution in [0, 0.1) is 0 Å². The molecule has 180 valence electrons. The van der Waals surface area contributed by atoms with E-state index in [2.05, 4.69) is 23.1 Å². The van der Waals surface area contributed by atoms with Crippen LogP contribution in [0.25, 0.3) is 17.0 Å². The van der Waals surface area contributed by atoms with Gasteiger partial charge in [0, 0.05) is 43.1 Å². The number of thiocarbonyl (C=S) groups is 1. The van der Waals surface area contributed by atoms with Crippen molar-refractivity contribution in [2.45, 2.75) is 19.9 Å². The number of pyridine rings is 1. The molecule has 3 heterocycles. The Bertz CT molecular complexity index is 1360. The van der Waals surface area contributed by atoms with Crippen LogP contribution in [0.2, 0.25) is 0 Å². The maximum atomic E-state index is 13.8. The van der Waals surface area contributed by atoms with Crippen LogP contribution in [0.1, 0.15) is 18.1 Å². The number of rotatable bonds is 6. The van der Waals surface area contributed by atoms with Crippen molar-refractivity contribution in [1.82, 2.24) is 9.47 Å². The molecule has 0 bridgehead atoms. The van der Waals surface area contributed by atoms with E-state index in [1.165, 1.54) is 11.8 Å². The lowest BCUT2D eigenvalue weighted by Crippen LogP contribution is -2.36. The molecule has 0 radical (unpaired) electrons. The molecule has 0 N–H and O–H groups in total. The number of nitrogens with zero attached hydrogens (tertiary/aromatic N) is 3. The monoisotopic (exact) mass is 521 g/mol. The van der Waals surface area contributed by atoms with Crippen molar-refractivity contribution in [2.24, 2.45) is 0 Å². The highest BCUT2D eigenvalue weighted by Crippen LogP contribution is 2.36. The third kappa shape index (κ3) is 4.79. The second-order valence-corrected chi connectivity index (χ2v) is 11.4. The highest BCUT2D eigenvalue weighted by Gasteiger charge is 2.33. The van der Waals surface area contributed by atoms with Crippen LogP contribution >= 0.6 is 35.7 Å². The van der Waals surface area contributed by atoms with Gasteiger partial charge in [-0.15, -0.1) is 0 Å². The molecule has 35 heavy (non-hydrogen) atoms. The Morgan fingerprint density at radius 1 is 1.00 bits per heavy atom. The van der Waals surface area contributed by atoms with Crippen molar-refractivity contribution in [1.29, 1.82) is 0 Å². The Labute approximate surface area is 219 Å². The third-order valence-corrected chi connectivity index (χ3v) is 8.76. The van der Waals surface area contributed by atoms with Crippen LogP contribution < -0.4 is 10.5 Å². The molecule has 2 aliphatic rings. The summed E-state index contributed by atoms with van der Waals surface area (Å²) < 4.78 is 2.35. The summed E-state index contributed by atoms with van der Waals surface area (Å²) in [5.41, 5.74) is 3.55. The van der Waals surface area contributed by atoms with Crippen molar-refractivity contribution < 1.29 is 4.79 Å². The van der Waals surface area contributed by atoms with Gasteiger partial charge in [0.2, 0.25) is 0 Å². The Morgan fingerprint density at radius 2 is 1.71 bits per heavy atom. The first-order valence-corrected chi connectivity index (χ1v) is 14.2. The molecule has 0 saturated carbocycles. The lowest BCUT2D eigenvalue weighted by Gasteiger charge is -2.31. The molecule has 2 saturated heterocycles. The third-order valence-electron chi connectivity index (χ3n) is 6.44. The number of carbonyl (C=O) groups is 1. The van der Waals surface area contributed by atoms with Gasteiger partial charge in [0.15, 0.2) is 0 Å². The van der Waals surface area contributed by atoms with Crippen LogP contribution in [0.4, 0.5) is 5.69 Å². The second-order valence-electron chi connectivity index (χ2n) is 8.50. The zero-order valence-corrected chi connectivity index (χ0v) is 22.1. The van der Waals surface area contributed by atoms with E-state index >= 15 is 0 Å². The van der Waals surface area contributed by atoms with Crippen LogP contribution in [-0.4, -0.2) is 50.8 Å². The number of hydrogen-bond acceptors (Lipinski definition) is 6. The fourth-order valence-electron chi connectivity index (χ4n) is 4.69. The van der Waals surface area contributed by atoms with Crippen molar-refractivity contribution in [3.8, 4) is 0 Å². The predicted molar refractivity (Wildman–Crippen MR) is 153 cm³/mol. The quantitative estimate of drug-likeness (QED) is 0.335. The minimum Gasteiger partial charge on any atom is -0.369 e. The van der Waals surface area contributed by atoms with Crippen molar-refractivity contribution >= 4 is 68.6 Å². The van der Waals surface area contributed by atoms with E-state index in [1.54, 1.807) is 15.5 Å². The number of thioether (sulfide) groups is 2. The Hall–Kier alpha value is -2.55. The van der Waals surface area contributed by atoms with Gasteiger partial charge in [0.1, 0.15) is 4.32 Å². The molecular weight excluding hydrogens is 495 g/mol. The first-order chi connectivity index (χ1) is 17.1. The van der Waals surface area contributed by atoms with Crippen LogP contribution in [0.3, 0.4) is 0 Å². The summed E-state index contributed by atoms with van der Waals surface area (Å²) >= 11 is 8.80. The van der Waals surface area contributed by atoms with Crippen LogP contribution in [0.15, 0.2) is 64.3 Å². The van der Waals surface area contributed by atoms with Gasteiger partial charge in [-0.25, -0.2) is 0 Å². The topological polar surface area (TPSA) is 45.6 Å². The molecule has 8 heteroatoms. The summed E-state index contributed by atoms with van der Waals surface area (Å²) in [6.07, 6.45) is 2.52. The Morgan fingerprint density at radius 3 is 2.46 bits per heavy atom. The van der Waals surface area contributed by atoms with Crippen LogP contribution in [0.5, 0.6) is 0 Å². The van der Waals surface area contributed by atoms with Gasteiger partial charge in [-0.1, -0.05) is 72.5 Å². The fourth-order valence-corrected chi connectivity index (χ4v) is 6.89. The number of fused-ring (bicyclic) bond motifs is 1. The standard InChI is InChI=1S/C27H27N3O2S3/c1-2-29-22-11-7-6-10-20(22)24(28-14-16-34-17-15-28)21(25(29)31)18-23-26(32)30(27(33)35-23)13-12-19-8-4-3-5-9-19/h3-11,18H,2,12-17H2,1H3. The second kappa shape index (κ2) is 10.6. The zero-order valence-electron chi connectivity index (χ0n) is 19.6. The number of para-hydroxylation sites is 1. The molecule has 2 aromatic carbocycles. The van der Waals surface area contributed by atoms with E-state index in [0.717, 1.165) is 53.2 Å². The lowest BCUT2D eigenvalue weighted by molar-refractivity contribution is -0.122. The molecule has 2 aliphatic heterocycles. The largest absolute Gasteiger partial charge is 0.369 e. The summed E-state index contributed by atoms with van der Waals surface area (Å²) in [5.74, 6) is 1.92. The van der Waals surface area contributed by atoms with Gasteiger partial charge in [-0.2, -0.15) is 11.8 Å². The van der Waals surface area contributed by atoms with Crippen LogP contribution in [-0.2, 0) is 17.8 Å². The van der Waals surface area contributed by atoms with E-state index in [-0.39, 0.29) is 11.5 Å². The van der Waals surface area contributed by atoms with E-state index in [0.29, 0.717) is 27.9 Å². The normalized spacial score (nSPS) is 17.7. The number of benzene rings is 2. The summed E-state index contributed by atoms with van der Waals surface area (Å²) in [6.45, 7) is 4.83. The molecule has 5 rings (SSSR count). The lowest BCUT2D eigenvalue weighted by atomic mass is 10.1. The van der Waals surface area contributed by atoms with E-state index in [1.807, 2.05) is 55.1 Å². The fraction of sp³-hybridized carbons (Fsp3) is 0.296. The molecule has 0 spiro atoms. The average molecular weight is 522 g/mol. The maximum Gasteiger partial charge on any atom is 0.266 e. The maximum absolute atomic E-state index is 13.8. The minimum absolute atomic E-state index is 0.0611. The number of anilines is 1. The molecule has 0 unspecified atom stereocenters.